The van der Waals surface area contributed by atoms with Crippen LogP contribution in [0.4, 0.5) is 62.6 Å². The molecule has 0 saturated carbocycles. The number of hydrogen-bond donors (Lipinski definition) is 1. The first kappa shape index (κ1) is 86.3. The summed E-state index contributed by atoms with van der Waals surface area (Å²) in [6.07, 6.45) is 0. The molecule has 33 rings (SSSR count). The largest absolute Gasteiger partial charge is 0.355 e. The van der Waals surface area contributed by atoms with E-state index in [9.17, 15) is 0 Å². The van der Waals surface area contributed by atoms with Crippen LogP contribution in [-0.2, 0) is 16.2 Å². The predicted octanol–water partition coefficient (Wildman–Crippen LogP) is 41.7. The second-order valence-corrected chi connectivity index (χ2v) is 44.6. The van der Waals surface area contributed by atoms with Crippen LogP contribution < -0.4 is 20.0 Å². The number of anilines is 11. The maximum Gasteiger partial charge on any atom is 0.0473 e. The lowest BCUT2D eigenvalue weighted by Crippen LogP contribution is -2.17. The summed E-state index contributed by atoms with van der Waals surface area (Å²) >= 11 is 3.69. The molecule has 0 spiro atoms. The third kappa shape index (κ3) is 13.1. The van der Waals surface area contributed by atoms with Crippen molar-refractivity contribution in [2.75, 3.05) is 20.0 Å². The fourth-order valence-electron chi connectivity index (χ4n) is 27.2. The lowest BCUT2D eigenvalue weighted by atomic mass is 9.81. The standard InChI is InChI=1S/C67H44N2.C45H30BrN.C33H23N/c1-67(2)59-22-10-15-45-27-32-52-39-58(40-60(67)66(52)65(45)59)69(57-37-50-30-25-43-13-7-14-44-26-31-51(38-57)64(50)62(43)44)55-21-9-17-47(34-55)46-16-8-20-54(33-46)68(53-18-4-3-5-19-53)56-35-48-28-23-41-11-6-12-42-24-29-49(36-56)63(48)61(41)42;1-45(2)39-14-6-9-29-17-20-34-25-38(26-40(45)44(34)43(29)39)47(36-13-5-11-31(22-36)30-10-4-12-35(46)21-30)37-23-32-18-15-27-7-3-8-28-16-19-33(24-37)42(32)41(27)28;1-33(2)27-8-4-7-21-11-14-24-17-26(18-28(33)32(24)31(21)27)34-25-15-22-12-9-19-5-3-6-20-10-13-23(16-25)30(22)29(19)20/h3-40H,1-2H3;3-26H,1-2H3;3-18,34H,1-2H3. The van der Waals surface area contributed by atoms with E-state index >= 15 is 0 Å². The van der Waals surface area contributed by atoms with Crippen molar-refractivity contribution in [3.8, 4) is 22.3 Å². The third-order valence-electron chi connectivity index (χ3n) is 34.1. The maximum atomic E-state index is 3.76. The summed E-state index contributed by atoms with van der Waals surface area (Å²) in [6, 6.07) is 177. The number of nitrogens with zero attached hydrogens (tertiary/aromatic N) is 3. The van der Waals surface area contributed by atoms with Gasteiger partial charge in [-0.3, -0.25) is 0 Å². The molecule has 0 amide bonds. The lowest BCUT2D eigenvalue weighted by Gasteiger charge is -2.29. The van der Waals surface area contributed by atoms with Gasteiger partial charge in [-0.15, -0.1) is 0 Å². The summed E-state index contributed by atoms with van der Waals surface area (Å²) < 4.78 is 1.08. The highest BCUT2D eigenvalue weighted by Crippen LogP contribution is 2.58. The van der Waals surface area contributed by atoms with E-state index in [2.05, 4.69) is 551 Å². The lowest BCUT2D eigenvalue weighted by molar-refractivity contribution is 0.662. The normalized spacial score (nSPS) is 13.6. The van der Waals surface area contributed by atoms with Crippen LogP contribution in [0.15, 0.2) is 478 Å². The Morgan fingerprint density at radius 2 is 0.347 bits per heavy atom. The van der Waals surface area contributed by atoms with E-state index in [-0.39, 0.29) is 16.2 Å². The van der Waals surface area contributed by atoms with Gasteiger partial charge in [0.05, 0.1) is 0 Å². The first-order chi connectivity index (χ1) is 73.4. The second-order valence-electron chi connectivity index (χ2n) is 43.7. The molecule has 0 saturated heterocycles. The van der Waals surface area contributed by atoms with E-state index < -0.39 is 0 Å². The maximum absolute atomic E-state index is 3.76. The van der Waals surface area contributed by atoms with Crippen molar-refractivity contribution in [1.29, 1.82) is 0 Å². The zero-order valence-corrected chi connectivity index (χ0v) is 85.3. The summed E-state index contributed by atoms with van der Waals surface area (Å²) in [4.78, 5) is 7.38. The van der Waals surface area contributed by atoms with Gasteiger partial charge < -0.3 is 20.0 Å². The first-order valence-corrected chi connectivity index (χ1v) is 53.2. The number of halogens is 1. The van der Waals surface area contributed by atoms with Crippen LogP contribution in [0, 0.1) is 0 Å². The summed E-state index contributed by atoms with van der Waals surface area (Å²) in [5.41, 5.74) is 25.3. The molecule has 0 fully saturated rings. The molecule has 4 nitrogen and oxygen atoms in total. The monoisotopic (exact) mass is 1970 g/mol. The van der Waals surface area contributed by atoms with Crippen LogP contribution in [0.2, 0.25) is 0 Å². The Labute approximate surface area is 876 Å². The minimum absolute atomic E-state index is 0.00737. The van der Waals surface area contributed by atoms with Crippen LogP contribution in [0.25, 0.3) is 216 Å². The van der Waals surface area contributed by atoms with Gasteiger partial charge in [-0.05, 0) is 395 Å². The van der Waals surface area contributed by atoms with Gasteiger partial charge in [0.25, 0.3) is 0 Å². The van der Waals surface area contributed by atoms with Crippen molar-refractivity contribution in [3.05, 3.63) is 511 Å². The minimum Gasteiger partial charge on any atom is -0.355 e. The highest BCUT2D eigenvalue weighted by Gasteiger charge is 2.39. The molecule has 3 aliphatic rings. The van der Waals surface area contributed by atoms with E-state index in [1.165, 1.54) is 244 Å². The van der Waals surface area contributed by atoms with Gasteiger partial charge in [-0.1, -0.05) is 385 Å². The molecule has 150 heavy (non-hydrogen) atoms. The molecule has 1 N–H and O–H groups in total. The molecule has 3 aliphatic carbocycles. The number of rotatable bonds is 13. The zero-order chi connectivity index (χ0) is 99.6. The molecule has 0 unspecified atom stereocenters. The summed E-state index contributed by atoms with van der Waals surface area (Å²) in [5, 5.41) is 51.1. The second kappa shape index (κ2) is 32.3. The topological polar surface area (TPSA) is 21.8 Å². The average Bonchev–Trinajstić information content (AvgIpc) is 1.52. The van der Waals surface area contributed by atoms with Crippen molar-refractivity contribution >= 4 is 272 Å². The Balaban J connectivity index is 0.000000108. The van der Waals surface area contributed by atoms with E-state index in [0.717, 1.165) is 72.5 Å². The predicted molar refractivity (Wildman–Crippen MR) is 648 cm³/mol. The molecule has 0 heterocycles. The summed E-state index contributed by atoms with van der Waals surface area (Å²) in [7, 11) is 0. The fourth-order valence-corrected chi connectivity index (χ4v) is 27.6. The Kier molecular flexibility index (Phi) is 18.6. The molecular formula is C145H97BrN4. The van der Waals surface area contributed by atoms with Crippen molar-refractivity contribution in [3.63, 3.8) is 0 Å². The number of para-hydroxylation sites is 1. The van der Waals surface area contributed by atoms with Crippen molar-refractivity contribution < 1.29 is 0 Å². The molecule has 0 bridgehead atoms. The van der Waals surface area contributed by atoms with Gasteiger partial charge in [-0.25, -0.2) is 0 Å². The molecule has 0 atom stereocenters. The fraction of sp³-hybridized carbons (Fsp3) is 0.0621. The smallest absolute Gasteiger partial charge is 0.0473 e. The van der Waals surface area contributed by atoms with E-state index in [1.807, 2.05) is 0 Å². The highest BCUT2D eigenvalue weighted by molar-refractivity contribution is 9.10. The minimum atomic E-state index is -0.154. The molecule has 30 aromatic rings. The number of nitrogens with one attached hydrogen (secondary N) is 1. The van der Waals surface area contributed by atoms with Crippen LogP contribution >= 0.6 is 15.9 Å². The van der Waals surface area contributed by atoms with Crippen molar-refractivity contribution in [1.82, 2.24) is 0 Å². The molecule has 0 aliphatic heterocycles. The van der Waals surface area contributed by atoms with Gasteiger partial charge in [-0.2, -0.15) is 0 Å². The first-order valence-electron chi connectivity index (χ1n) is 52.5. The van der Waals surface area contributed by atoms with Gasteiger partial charge in [0.1, 0.15) is 0 Å². The van der Waals surface area contributed by atoms with Gasteiger partial charge in [0.15, 0.2) is 0 Å². The van der Waals surface area contributed by atoms with Crippen LogP contribution in [0.3, 0.4) is 0 Å². The van der Waals surface area contributed by atoms with Crippen molar-refractivity contribution in [2.24, 2.45) is 0 Å². The molecule has 0 radical (unpaired) electrons. The van der Waals surface area contributed by atoms with Crippen LogP contribution in [0.5, 0.6) is 0 Å². The number of benzene rings is 30. The molecule has 5 heteroatoms. The quantitative estimate of drug-likeness (QED) is 0.116. The average molecular weight is 1980 g/mol. The zero-order valence-electron chi connectivity index (χ0n) is 83.8. The Morgan fingerprint density at radius 1 is 0.147 bits per heavy atom. The molecule has 704 valence electrons. The SMILES string of the molecule is CC1(C)c2cccc3ccc4cc(N(c5cccc(-c6cccc(Br)c6)c5)c5cc6ccc7cccc8ccc(c5)c6c78)cc1c4c23.CC1(C)c2cccc3ccc4cc(N(c5cccc(-c6cccc(N(c7ccccc7)c7cc8ccc9cccc%10ccc(c7)c8c9%10)c6)c5)c5cc6ccc7cccc8ccc(c5)c6c78)cc1c4c23.CC1(C)c2cccc3ccc4cc(Nc5cc6ccc7cccc8ccc(c5)c6c78)cc1c4c23. The molecular weight excluding hydrogens is 1880 g/mol. The van der Waals surface area contributed by atoms with Crippen molar-refractivity contribution in [2.45, 2.75) is 57.8 Å². The van der Waals surface area contributed by atoms with Crippen LogP contribution in [-0.4, -0.2) is 0 Å². The summed E-state index contributed by atoms with van der Waals surface area (Å²) in [6.45, 7) is 14.3. The van der Waals surface area contributed by atoms with Gasteiger partial charge >= 0.3 is 0 Å². The Bertz CT molecular complexity index is 10700. The van der Waals surface area contributed by atoms with E-state index in [4.69, 9.17) is 0 Å². The van der Waals surface area contributed by atoms with Gasteiger partial charge in [0.2, 0.25) is 0 Å². The Morgan fingerprint density at radius 3 is 0.647 bits per heavy atom. The third-order valence-corrected chi connectivity index (χ3v) is 34.6. The highest BCUT2D eigenvalue weighted by atomic mass is 79.9. The molecule has 0 aromatic heterocycles. The summed E-state index contributed by atoms with van der Waals surface area (Å²) in [5.74, 6) is 0. The van der Waals surface area contributed by atoms with Crippen LogP contribution in [0.1, 0.15) is 74.9 Å². The Hall–Kier alpha value is -18.0. The number of hydrogen-bond acceptors (Lipinski definition) is 4. The van der Waals surface area contributed by atoms with Gasteiger partial charge in [0, 0.05) is 83.3 Å². The molecule has 30 aromatic carbocycles. The van der Waals surface area contributed by atoms with E-state index in [0.29, 0.717) is 0 Å². The van der Waals surface area contributed by atoms with E-state index in [1.54, 1.807) is 0 Å².